The largest absolute Gasteiger partial charge is 0.309 e. The first-order chi connectivity index (χ1) is 5.20. The van der Waals surface area contributed by atoms with Crippen LogP contribution in [0.5, 0.6) is 0 Å². The van der Waals surface area contributed by atoms with Crippen molar-refractivity contribution in [3.8, 4) is 0 Å². The van der Waals surface area contributed by atoms with Gasteiger partial charge in [-0.15, -0.1) is 0 Å². The summed E-state index contributed by atoms with van der Waals surface area (Å²) in [5.74, 6) is 5.38. The van der Waals surface area contributed by atoms with E-state index < -0.39 is 0 Å². The van der Waals surface area contributed by atoms with Gasteiger partial charge in [0.1, 0.15) is 0 Å². The molecule has 0 rings (SSSR count). The number of hydrazine groups is 1. The third-order valence-corrected chi connectivity index (χ3v) is 1.80. The first-order valence-electron chi connectivity index (χ1n) is 4.31. The summed E-state index contributed by atoms with van der Waals surface area (Å²) in [6.07, 6.45) is 3.50. The smallest absolute Gasteiger partial charge is 0.0222 e. The zero-order chi connectivity index (χ0) is 8.69. The maximum absolute atomic E-state index is 5.38. The predicted octanol–water partition coefficient (Wildman–Crippen LogP) is 0.570. The standard InChI is InChI=1S/C8H21N3/c1-4-5-8(10-9)6-7-11(2)3/h8,10H,4-7,9H2,1-3H3. The number of hydrogen-bond donors (Lipinski definition) is 2. The molecule has 68 valence electrons. The zero-order valence-electron chi connectivity index (χ0n) is 7.93. The molecule has 0 fully saturated rings. The minimum Gasteiger partial charge on any atom is -0.309 e. The van der Waals surface area contributed by atoms with E-state index >= 15 is 0 Å². The van der Waals surface area contributed by atoms with E-state index in [-0.39, 0.29) is 0 Å². The predicted molar refractivity (Wildman–Crippen MR) is 49.2 cm³/mol. The quantitative estimate of drug-likeness (QED) is 0.440. The Morgan fingerprint density at radius 3 is 2.36 bits per heavy atom. The summed E-state index contributed by atoms with van der Waals surface area (Å²) in [5.41, 5.74) is 2.83. The normalized spacial score (nSPS) is 13.9. The van der Waals surface area contributed by atoms with Crippen LogP contribution in [0.15, 0.2) is 0 Å². The van der Waals surface area contributed by atoms with Gasteiger partial charge < -0.3 is 4.90 Å². The summed E-state index contributed by atoms with van der Waals surface area (Å²) in [6, 6.07) is 0.488. The Morgan fingerprint density at radius 1 is 1.36 bits per heavy atom. The third-order valence-electron chi connectivity index (χ3n) is 1.80. The van der Waals surface area contributed by atoms with E-state index in [1.165, 1.54) is 12.8 Å². The molecule has 0 bridgehead atoms. The molecule has 0 aromatic carbocycles. The molecule has 0 aromatic rings. The molecule has 0 aromatic heterocycles. The van der Waals surface area contributed by atoms with Crippen LogP contribution in [0.3, 0.4) is 0 Å². The average Bonchev–Trinajstić information content (AvgIpc) is 1.97. The average molecular weight is 159 g/mol. The number of rotatable bonds is 6. The van der Waals surface area contributed by atoms with Crippen molar-refractivity contribution in [1.82, 2.24) is 10.3 Å². The van der Waals surface area contributed by atoms with Crippen LogP contribution in [0.25, 0.3) is 0 Å². The topological polar surface area (TPSA) is 41.3 Å². The van der Waals surface area contributed by atoms with Crippen molar-refractivity contribution >= 4 is 0 Å². The number of hydrogen-bond acceptors (Lipinski definition) is 3. The van der Waals surface area contributed by atoms with E-state index in [9.17, 15) is 0 Å². The van der Waals surface area contributed by atoms with Crippen molar-refractivity contribution in [1.29, 1.82) is 0 Å². The Bertz CT molecular complexity index is 83.4. The molecule has 0 aliphatic rings. The monoisotopic (exact) mass is 159 g/mol. The molecular formula is C8H21N3. The van der Waals surface area contributed by atoms with Crippen LogP contribution < -0.4 is 11.3 Å². The summed E-state index contributed by atoms with van der Waals surface area (Å²) in [6.45, 7) is 3.29. The fraction of sp³-hybridized carbons (Fsp3) is 1.00. The van der Waals surface area contributed by atoms with Gasteiger partial charge in [-0.1, -0.05) is 13.3 Å². The lowest BCUT2D eigenvalue weighted by Gasteiger charge is -2.17. The highest BCUT2D eigenvalue weighted by molar-refractivity contribution is 4.63. The fourth-order valence-corrected chi connectivity index (χ4v) is 1.07. The van der Waals surface area contributed by atoms with Crippen molar-refractivity contribution in [2.24, 2.45) is 5.84 Å². The molecule has 0 spiro atoms. The van der Waals surface area contributed by atoms with Crippen molar-refractivity contribution in [3.05, 3.63) is 0 Å². The van der Waals surface area contributed by atoms with E-state index in [1.807, 2.05) is 0 Å². The van der Waals surface area contributed by atoms with Crippen LogP contribution in [0, 0.1) is 0 Å². The zero-order valence-corrected chi connectivity index (χ0v) is 7.93. The molecule has 3 nitrogen and oxygen atoms in total. The minimum atomic E-state index is 0.488. The van der Waals surface area contributed by atoms with Gasteiger partial charge in [-0.3, -0.25) is 11.3 Å². The molecular weight excluding hydrogens is 138 g/mol. The van der Waals surface area contributed by atoms with E-state index in [4.69, 9.17) is 5.84 Å². The third kappa shape index (κ3) is 6.28. The SMILES string of the molecule is CCCC(CCN(C)C)NN. The van der Waals surface area contributed by atoms with Gasteiger partial charge in [0.2, 0.25) is 0 Å². The molecule has 1 unspecified atom stereocenters. The molecule has 0 aliphatic heterocycles. The second kappa shape index (κ2) is 6.58. The number of nitrogens with one attached hydrogen (secondary N) is 1. The number of nitrogens with zero attached hydrogens (tertiary/aromatic N) is 1. The lowest BCUT2D eigenvalue weighted by molar-refractivity contribution is 0.350. The van der Waals surface area contributed by atoms with Gasteiger partial charge in [0.05, 0.1) is 0 Å². The second-order valence-electron chi connectivity index (χ2n) is 3.24. The van der Waals surface area contributed by atoms with E-state index in [0.29, 0.717) is 6.04 Å². The summed E-state index contributed by atoms with van der Waals surface area (Å²) >= 11 is 0. The molecule has 0 heterocycles. The molecule has 3 heteroatoms. The Labute approximate surface area is 69.9 Å². The fourth-order valence-electron chi connectivity index (χ4n) is 1.07. The van der Waals surface area contributed by atoms with Crippen LogP contribution in [0.1, 0.15) is 26.2 Å². The summed E-state index contributed by atoms with van der Waals surface area (Å²) < 4.78 is 0. The van der Waals surface area contributed by atoms with Gasteiger partial charge >= 0.3 is 0 Å². The van der Waals surface area contributed by atoms with Gasteiger partial charge in [-0.25, -0.2) is 0 Å². The molecule has 3 N–H and O–H groups in total. The molecule has 0 aliphatic carbocycles. The van der Waals surface area contributed by atoms with Crippen LogP contribution in [0.2, 0.25) is 0 Å². The highest BCUT2D eigenvalue weighted by Crippen LogP contribution is 2.00. The molecule has 0 saturated heterocycles. The van der Waals surface area contributed by atoms with Crippen LogP contribution in [-0.2, 0) is 0 Å². The van der Waals surface area contributed by atoms with Gasteiger partial charge in [-0.05, 0) is 33.5 Å². The van der Waals surface area contributed by atoms with E-state index in [1.54, 1.807) is 0 Å². The molecule has 11 heavy (non-hydrogen) atoms. The maximum Gasteiger partial charge on any atom is 0.0222 e. The van der Waals surface area contributed by atoms with Gasteiger partial charge in [-0.2, -0.15) is 0 Å². The Hall–Kier alpha value is -0.120. The summed E-state index contributed by atoms with van der Waals surface area (Å²) in [7, 11) is 4.17. The molecule has 0 saturated carbocycles. The van der Waals surface area contributed by atoms with Gasteiger partial charge in [0.15, 0.2) is 0 Å². The highest BCUT2D eigenvalue weighted by atomic mass is 15.2. The lowest BCUT2D eigenvalue weighted by Crippen LogP contribution is -2.37. The van der Waals surface area contributed by atoms with Crippen LogP contribution in [-0.4, -0.2) is 31.6 Å². The second-order valence-corrected chi connectivity index (χ2v) is 3.24. The summed E-state index contributed by atoms with van der Waals surface area (Å²) in [5, 5.41) is 0. The molecule has 0 amide bonds. The van der Waals surface area contributed by atoms with Crippen molar-refractivity contribution in [2.75, 3.05) is 20.6 Å². The van der Waals surface area contributed by atoms with Crippen molar-refractivity contribution in [3.63, 3.8) is 0 Å². The Morgan fingerprint density at radius 2 is 2.00 bits per heavy atom. The Kier molecular flexibility index (Phi) is 6.51. The van der Waals surface area contributed by atoms with Crippen molar-refractivity contribution in [2.45, 2.75) is 32.2 Å². The minimum absolute atomic E-state index is 0.488. The Balaban J connectivity index is 3.35. The van der Waals surface area contributed by atoms with Crippen LogP contribution in [0.4, 0.5) is 0 Å². The van der Waals surface area contributed by atoms with Gasteiger partial charge in [0.25, 0.3) is 0 Å². The van der Waals surface area contributed by atoms with Crippen molar-refractivity contribution < 1.29 is 0 Å². The van der Waals surface area contributed by atoms with Gasteiger partial charge in [0, 0.05) is 6.04 Å². The molecule has 0 radical (unpaired) electrons. The first kappa shape index (κ1) is 10.9. The maximum atomic E-state index is 5.38. The van der Waals surface area contributed by atoms with E-state index in [0.717, 1.165) is 13.0 Å². The van der Waals surface area contributed by atoms with E-state index in [2.05, 4.69) is 31.3 Å². The lowest BCUT2D eigenvalue weighted by atomic mass is 10.1. The molecule has 1 atom stereocenters. The first-order valence-corrected chi connectivity index (χ1v) is 4.31. The summed E-state index contributed by atoms with van der Waals surface area (Å²) in [4.78, 5) is 2.18. The highest BCUT2D eigenvalue weighted by Gasteiger charge is 2.04. The van der Waals surface area contributed by atoms with Crippen LogP contribution >= 0.6 is 0 Å². The number of nitrogens with two attached hydrogens (primary N) is 1.